The SMILES string of the molecule is Cc1cc2c(cc1O)C13CCN(C(=O)Cn4cc(C(F)(F)F)cn4)CCC1(O)C(C2)N(CC1CC1)CC3. The molecular weight excluding hydrogens is 485 g/mol. The van der Waals surface area contributed by atoms with Gasteiger partial charge in [0.25, 0.3) is 0 Å². The number of nitrogens with zero attached hydrogens (tertiary/aromatic N) is 4. The van der Waals surface area contributed by atoms with E-state index in [0.717, 1.165) is 53.3 Å². The van der Waals surface area contributed by atoms with Crippen LogP contribution in [0.5, 0.6) is 5.75 Å². The highest BCUT2D eigenvalue weighted by molar-refractivity contribution is 5.76. The quantitative estimate of drug-likeness (QED) is 0.650. The number of benzene rings is 1. The number of aryl methyl sites for hydroxylation is 1. The van der Waals surface area contributed by atoms with Crippen LogP contribution in [-0.4, -0.2) is 73.5 Å². The fourth-order valence-electron chi connectivity index (χ4n) is 7.13. The van der Waals surface area contributed by atoms with Crippen molar-refractivity contribution in [3.8, 4) is 5.75 Å². The van der Waals surface area contributed by atoms with E-state index in [1.807, 2.05) is 19.1 Å². The largest absolute Gasteiger partial charge is 0.508 e. The molecule has 200 valence electrons. The second-order valence-electron chi connectivity index (χ2n) is 11.5. The van der Waals surface area contributed by atoms with E-state index in [4.69, 9.17) is 0 Å². The highest BCUT2D eigenvalue weighted by atomic mass is 19.4. The fraction of sp³-hybridized carbons (Fsp3) is 0.630. The standard InChI is InChI=1S/C27H33F3N4O3/c1-17-10-19-11-23-26(37)6-9-32(24(36)16-34-15-20(13-31-34)27(28,29)30)7-4-25(26,21(19)12-22(17)35)5-8-33(23)14-18-2-3-18/h10,12-13,15,18,23,35,37H,2-9,11,14,16H2,1H3. The summed E-state index contributed by atoms with van der Waals surface area (Å²) in [4.78, 5) is 17.3. The number of rotatable bonds is 4. The van der Waals surface area contributed by atoms with E-state index in [-0.39, 0.29) is 24.2 Å². The van der Waals surface area contributed by atoms with Gasteiger partial charge in [-0.3, -0.25) is 14.4 Å². The molecule has 4 aliphatic rings. The van der Waals surface area contributed by atoms with Crippen LogP contribution < -0.4 is 0 Å². The Labute approximate surface area is 213 Å². The second-order valence-corrected chi connectivity index (χ2v) is 11.5. The van der Waals surface area contributed by atoms with Crippen molar-refractivity contribution in [1.82, 2.24) is 19.6 Å². The van der Waals surface area contributed by atoms with Crippen molar-refractivity contribution < 1.29 is 28.2 Å². The van der Waals surface area contributed by atoms with Crippen LogP contribution in [0.4, 0.5) is 13.2 Å². The number of alkyl halides is 3. The van der Waals surface area contributed by atoms with Crippen LogP contribution in [0.25, 0.3) is 0 Å². The van der Waals surface area contributed by atoms with E-state index < -0.39 is 22.8 Å². The summed E-state index contributed by atoms with van der Waals surface area (Å²) in [7, 11) is 0. The Morgan fingerprint density at radius 2 is 1.89 bits per heavy atom. The fourth-order valence-corrected chi connectivity index (χ4v) is 7.13. The first-order valence-electron chi connectivity index (χ1n) is 13.2. The Kier molecular flexibility index (Phi) is 5.65. The van der Waals surface area contributed by atoms with Gasteiger partial charge in [-0.2, -0.15) is 18.3 Å². The van der Waals surface area contributed by atoms with E-state index >= 15 is 0 Å². The summed E-state index contributed by atoms with van der Waals surface area (Å²) in [6.07, 6.45) is 1.87. The summed E-state index contributed by atoms with van der Waals surface area (Å²) in [5.41, 5.74) is 0.402. The van der Waals surface area contributed by atoms with Gasteiger partial charge in [0.05, 0.1) is 17.4 Å². The molecule has 2 N–H and O–H groups in total. The van der Waals surface area contributed by atoms with Crippen molar-refractivity contribution in [2.45, 2.75) is 75.2 Å². The highest BCUT2D eigenvalue weighted by Gasteiger charge is 2.63. The molecule has 6 rings (SSSR count). The number of piperidine rings is 1. The lowest BCUT2D eigenvalue weighted by molar-refractivity contribution is -0.149. The van der Waals surface area contributed by atoms with E-state index in [2.05, 4.69) is 10.00 Å². The third kappa shape index (κ3) is 4.03. The summed E-state index contributed by atoms with van der Waals surface area (Å²) in [5.74, 6) is 0.580. The predicted octanol–water partition coefficient (Wildman–Crippen LogP) is 3.25. The van der Waals surface area contributed by atoms with Crippen LogP contribution in [0.15, 0.2) is 24.5 Å². The number of aliphatic hydroxyl groups is 1. The van der Waals surface area contributed by atoms with Gasteiger partial charge >= 0.3 is 6.18 Å². The summed E-state index contributed by atoms with van der Waals surface area (Å²) in [5, 5.41) is 26.9. The number of phenols is 1. The van der Waals surface area contributed by atoms with Crippen LogP contribution in [0.3, 0.4) is 0 Å². The maximum atomic E-state index is 13.2. The molecule has 2 aliphatic carbocycles. The molecule has 0 spiro atoms. The number of halogens is 3. The molecule has 1 amide bonds. The van der Waals surface area contributed by atoms with Gasteiger partial charge in [0.15, 0.2) is 0 Å². The maximum Gasteiger partial charge on any atom is 0.419 e. The Morgan fingerprint density at radius 3 is 2.59 bits per heavy atom. The highest BCUT2D eigenvalue weighted by Crippen LogP contribution is 2.57. The van der Waals surface area contributed by atoms with Crippen molar-refractivity contribution in [2.24, 2.45) is 5.92 Å². The topological polar surface area (TPSA) is 81.8 Å². The number of phenolic OH excluding ortho intramolecular Hbond substituents is 1. The molecule has 37 heavy (non-hydrogen) atoms. The molecule has 3 fully saturated rings. The number of amides is 1. The Hall–Kier alpha value is -2.59. The smallest absolute Gasteiger partial charge is 0.419 e. The van der Waals surface area contributed by atoms with Crippen LogP contribution >= 0.6 is 0 Å². The van der Waals surface area contributed by atoms with Crippen LogP contribution in [0.2, 0.25) is 0 Å². The van der Waals surface area contributed by atoms with Gasteiger partial charge < -0.3 is 15.1 Å². The molecule has 1 saturated carbocycles. The van der Waals surface area contributed by atoms with Crippen molar-refractivity contribution in [2.75, 3.05) is 26.2 Å². The van der Waals surface area contributed by atoms with Gasteiger partial charge in [-0.1, -0.05) is 6.07 Å². The molecule has 10 heteroatoms. The van der Waals surface area contributed by atoms with Crippen LogP contribution in [0, 0.1) is 12.8 Å². The number of aromatic nitrogens is 2. The van der Waals surface area contributed by atoms with Gasteiger partial charge in [0.1, 0.15) is 12.3 Å². The minimum atomic E-state index is -4.51. The van der Waals surface area contributed by atoms with Gasteiger partial charge in [0, 0.05) is 37.3 Å². The predicted molar refractivity (Wildman–Crippen MR) is 129 cm³/mol. The molecule has 2 saturated heterocycles. The molecule has 7 nitrogen and oxygen atoms in total. The number of likely N-dealkylation sites (tertiary alicyclic amines) is 2. The maximum absolute atomic E-state index is 13.2. The van der Waals surface area contributed by atoms with Crippen molar-refractivity contribution in [3.63, 3.8) is 0 Å². The van der Waals surface area contributed by atoms with E-state index in [0.29, 0.717) is 38.3 Å². The first-order chi connectivity index (χ1) is 17.5. The number of hydrogen-bond acceptors (Lipinski definition) is 5. The first-order valence-corrected chi connectivity index (χ1v) is 13.2. The summed E-state index contributed by atoms with van der Waals surface area (Å²) < 4.78 is 40.0. The van der Waals surface area contributed by atoms with Crippen molar-refractivity contribution in [1.29, 1.82) is 0 Å². The Balaban J connectivity index is 1.30. The molecule has 1 aromatic carbocycles. The molecule has 3 atom stereocenters. The van der Waals surface area contributed by atoms with Gasteiger partial charge in [-0.25, -0.2) is 0 Å². The van der Waals surface area contributed by atoms with E-state index in [1.54, 1.807) is 4.90 Å². The number of fused-ring (bicyclic) bond motifs is 1. The second kappa shape index (κ2) is 8.46. The van der Waals surface area contributed by atoms with Crippen LogP contribution in [-0.2, 0) is 29.4 Å². The Bertz CT molecular complexity index is 1230. The van der Waals surface area contributed by atoms with E-state index in [9.17, 15) is 28.2 Å². The summed E-state index contributed by atoms with van der Waals surface area (Å²) in [6, 6.07) is 3.79. The minimum Gasteiger partial charge on any atom is -0.508 e. The molecule has 0 radical (unpaired) electrons. The molecule has 1 aromatic heterocycles. The van der Waals surface area contributed by atoms with Crippen LogP contribution in [0.1, 0.15) is 54.4 Å². The monoisotopic (exact) mass is 518 g/mol. The number of hydrogen-bond donors (Lipinski definition) is 2. The third-order valence-electron chi connectivity index (χ3n) is 9.37. The Morgan fingerprint density at radius 1 is 1.16 bits per heavy atom. The van der Waals surface area contributed by atoms with Crippen molar-refractivity contribution >= 4 is 5.91 Å². The van der Waals surface area contributed by atoms with E-state index in [1.165, 1.54) is 12.8 Å². The minimum absolute atomic E-state index is 0.0752. The average molecular weight is 519 g/mol. The zero-order chi connectivity index (χ0) is 26.2. The van der Waals surface area contributed by atoms with Crippen molar-refractivity contribution in [3.05, 3.63) is 46.8 Å². The van der Waals surface area contributed by atoms with Gasteiger partial charge in [-0.05, 0) is 80.7 Å². The molecule has 3 heterocycles. The lowest BCUT2D eigenvalue weighted by atomic mass is 9.52. The lowest BCUT2D eigenvalue weighted by Crippen LogP contribution is -2.71. The van der Waals surface area contributed by atoms with Gasteiger partial charge in [0.2, 0.25) is 5.91 Å². The average Bonchev–Trinajstić information content (AvgIpc) is 3.55. The normalized spacial score (nSPS) is 30.0. The molecule has 2 aliphatic heterocycles. The zero-order valence-corrected chi connectivity index (χ0v) is 21.0. The number of carbonyl (C=O) groups is 1. The lowest BCUT2D eigenvalue weighted by Gasteiger charge is -2.61. The molecular formula is C27H33F3N4O3. The van der Waals surface area contributed by atoms with Gasteiger partial charge in [-0.15, -0.1) is 0 Å². The summed E-state index contributed by atoms with van der Waals surface area (Å²) in [6.45, 7) is 4.15. The molecule has 3 unspecified atom stereocenters. The number of carbonyl (C=O) groups excluding carboxylic acids is 1. The molecule has 2 bridgehead atoms. The number of aromatic hydroxyl groups is 1. The molecule has 2 aromatic rings. The summed E-state index contributed by atoms with van der Waals surface area (Å²) >= 11 is 0. The third-order valence-corrected chi connectivity index (χ3v) is 9.37. The first kappa shape index (κ1) is 24.7. The zero-order valence-electron chi connectivity index (χ0n) is 21.0.